The number of aryl methyl sites for hydroxylation is 3. The van der Waals surface area contributed by atoms with E-state index in [9.17, 15) is 4.79 Å². The second kappa shape index (κ2) is 7.74. The SMILES string of the molecule is Cc1ccc2nc(-c3cnn(C)c3)cc(C(=O)N(Cc3nccn3C)C(C)C)c2c1. The minimum Gasteiger partial charge on any atom is -0.337 e. The Labute approximate surface area is 176 Å². The molecule has 7 heteroatoms. The van der Waals surface area contributed by atoms with Gasteiger partial charge in [-0.25, -0.2) is 9.97 Å². The summed E-state index contributed by atoms with van der Waals surface area (Å²) in [5.41, 5.74) is 4.15. The average molecular weight is 403 g/mol. The Morgan fingerprint density at radius 3 is 2.63 bits per heavy atom. The van der Waals surface area contributed by atoms with Crippen molar-refractivity contribution in [2.24, 2.45) is 14.1 Å². The molecule has 3 heterocycles. The van der Waals surface area contributed by atoms with Gasteiger partial charge in [0.2, 0.25) is 0 Å². The first kappa shape index (κ1) is 19.8. The molecule has 4 rings (SSSR count). The fourth-order valence-corrected chi connectivity index (χ4v) is 3.56. The predicted octanol–water partition coefficient (Wildman–Crippen LogP) is 3.73. The lowest BCUT2D eigenvalue weighted by atomic mass is 10.0. The van der Waals surface area contributed by atoms with Crippen LogP contribution in [0.25, 0.3) is 22.2 Å². The van der Waals surface area contributed by atoms with Gasteiger partial charge in [-0.15, -0.1) is 0 Å². The molecule has 0 unspecified atom stereocenters. The first-order chi connectivity index (χ1) is 14.3. The zero-order chi connectivity index (χ0) is 21.4. The minimum atomic E-state index is -0.0314. The van der Waals surface area contributed by atoms with E-state index in [1.165, 1.54) is 0 Å². The molecule has 1 aromatic carbocycles. The van der Waals surface area contributed by atoms with Crippen molar-refractivity contribution in [1.29, 1.82) is 0 Å². The summed E-state index contributed by atoms with van der Waals surface area (Å²) in [6.45, 7) is 6.52. The first-order valence-electron chi connectivity index (χ1n) is 10.0. The van der Waals surface area contributed by atoms with E-state index in [1.807, 2.05) is 81.0 Å². The van der Waals surface area contributed by atoms with Crippen LogP contribution in [0.4, 0.5) is 0 Å². The smallest absolute Gasteiger partial charge is 0.255 e. The van der Waals surface area contributed by atoms with Crippen LogP contribution in [0.1, 0.15) is 35.6 Å². The van der Waals surface area contributed by atoms with Crippen molar-refractivity contribution in [2.75, 3.05) is 0 Å². The van der Waals surface area contributed by atoms with Crippen LogP contribution >= 0.6 is 0 Å². The van der Waals surface area contributed by atoms with Crippen molar-refractivity contribution in [3.8, 4) is 11.3 Å². The molecule has 4 aromatic rings. The van der Waals surface area contributed by atoms with Gasteiger partial charge in [-0.05, 0) is 39.0 Å². The second-order valence-corrected chi connectivity index (χ2v) is 7.96. The molecule has 0 aliphatic heterocycles. The molecule has 7 nitrogen and oxygen atoms in total. The molecule has 0 aliphatic rings. The van der Waals surface area contributed by atoms with Gasteiger partial charge in [0.15, 0.2) is 0 Å². The summed E-state index contributed by atoms with van der Waals surface area (Å²) in [5, 5.41) is 5.11. The Morgan fingerprint density at radius 1 is 1.20 bits per heavy atom. The molecule has 0 bridgehead atoms. The van der Waals surface area contributed by atoms with Gasteiger partial charge in [0.05, 0.1) is 29.5 Å². The molecule has 1 amide bonds. The van der Waals surface area contributed by atoms with Crippen molar-refractivity contribution in [3.05, 3.63) is 66.0 Å². The number of amides is 1. The zero-order valence-corrected chi connectivity index (χ0v) is 18.0. The van der Waals surface area contributed by atoms with Crippen LogP contribution in [0.3, 0.4) is 0 Å². The maximum Gasteiger partial charge on any atom is 0.255 e. The monoisotopic (exact) mass is 402 g/mol. The van der Waals surface area contributed by atoms with Crippen LogP contribution in [0.5, 0.6) is 0 Å². The van der Waals surface area contributed by atoms with Gasteiger partial charge < -0.3 is 9.47 Å². The number of aromatic nitrogens is 5. The molecule has 0 radical (unpaired) electrons. The Balaban J connectivity index is 1.85. The Morgan fingerprint density at radius 2 is 2.00 bits per heavy atom. The topological polar surface area (TPSA) is 68.8 Å². The van der Waals surface area contributed by atoms with E-state index >= 15 is 0 Å². The van der Waals surface area contributed by atoms with E-state index < -0.39 is 0 Å². The third-order valence-corrected chi connectivity index (χ3v) is 5.31. The Hall–Kier alpha value is -3.48. The lowest BCUT2D eigenvalue weighted by molar-refractivity contribution is 0.0685. The summed E-state index contributed by atoms with van der Waals surface area (Å²) in [4.78, 5) is 24.8. The van der Waals surface area contributed by atoms with Gasteiger partial charge in [-0.3, -0.25) is 9.48 Å². The number of imidazole rings is 1. The highest BCUT2D eigenvalue weighted by atomic mass is 16.2. The molecule has 0 N–H and O–H groups in total. The van der Waals surface area contributed by atoms with Crippen LogP contribution in [-0.2, 0) is 20.6 Å². The Kier molecular flexibility index (Phi) is 5.11. The molecule has 0 saturated carbocycles. The standard InChI is InChI=1S/C23H26N6O/c1-15(2)29(14-22-24-8-9-27(22)4)23(30)19-11-21(17-12-25-28(5)13-17)26-20-7-6-16(3)10-18(19)20/h6-13,15H,14H2,1-5H3. The molecular formula is C23H26N6O. The van der Waals surface area contributed by atoms with E-state index in [0.29, 0.717) is 12.1 Å². The van der Waals surface area contributed by atoms with Crippen LogP contribution < -0.4 is 0 Å². The van der Waals surface area contributed by atoms with Gasteiger partial charge in [0, 0.05) is 49.7 Å². The number of fused-ring (bicyclic) bond motifs is 1. The quantitative estimate of drug-likeness (QED) is 0.510. The van der Waals surface area contributed by atoms with Crippen molar-refractivity contribution in [2.45, 2.75) is 33.4 Å². The van der Waals surface area contributed by atoms with Crippen molar-refractivity contribution in [1.82, 2.24) is 29.2 Å². The fraction of sp³-hybridized carbons (Fsp3) is 0.304. The molecule has 0 saturated heterocycles. The highest BCUT2D eigenvalue weighted by Gasteiger charge is 2.24. The summed E-state index contributed by atoms with van der Waals surface area (Å²) in [7, 11) is 3.81. The van der Waals surface area contributed by atoms with Crippen molar-refractivity contribution >= 4 is 16.8 Å². The lowest BCUT2D eigenvalue weighted by Crippen LogP contribution is -2.37. The van der Waals surface area contributed by atoms with Crippen LogP contribution in [-0.4, -0.2) is 41.2 Å². The summed E-state index contributed by atoms with van der Waals surface area (Å²) in [5.74, 6) is 0.815. The first-order valence-corrected chi connectivity index (χ1v) is 10.0. The van der Waals surface area contributed by atoms with Crippen molar-refractivity contribution < 1.29 is 4.79 Å². The van der Waals surface area contributed by atoms with Gasteiger partial charge in [0.1, 0.15) is 5.82 Å². The second-order valence-electron chi connectivity index (χ2n) is 7.96. The van der Waals surface area contributed by atoms with Crippen LogP contribution in [0, 0.1) is 6.92 Å². The molecule has 0 aliphatic carbocycles. The maximum atomic E-state index is 13.8. The third kappa shape index (κ3) is 3.70. The number of benzene rings is 1. The third-order valence-electron chi connectivity index (χ3n) is 5.31. The van der Waals surface area contributed by atoms with E-state index in [4.69, 9.17) is 4.98 Å². The number of hydrogen-bond acceptors (Lipinski definition) is 4. The minimum absolute atomic E-state index is 0.0177. The number of rotatable bonds is 5. The molecule has 3 aromatic heterocycles. The number of carbonyl (C=O) groups is 1. The number of nitrogens with zero attached hydrogens (tertiary/aromatic N) is 6. The fourth-order valence-electron chi connectivity index (χ4n) is 3.56. The summed E-state index contributed by atoms with van der Waals surface area (Å²) in [6.07, 6.45) is 7.32. The van der Waals surface area contributed by atoms with Crippen molar-refractivity contribution in [3.63, 3.8) is 0 Å². The van der Waals surface area contributed by atoms with Gasteiger partial charge >= 0.3 is 0 Å². The normalized spacial score (nSPS) is 11.4. The molecular weight excluding hydrogens is 376 g/mol. The predicted molar refractivity (Wildman–Crippen MR) is 117 cm³/mol. The molecule has 30 heavy (non-hydrogen) atoms. The van der Waals surface area contributed by atoms with E-state index in [-0.39, 0.29) is 11.9 Å². The molecule has 0 spiro atoms. The molecule has 0 fully saturated rings. The summed E-state index contributed by atoms with van der Waals surface area (Å²) < 4.78 is 3.68. The summed E-state index contributed by atoms with van der Waals surface area (Å²) >= 11 is 0. The summed E-state index contributed by atoms with van der Waals surface area (Å²) in [6, 6.07) is 7.92. The zero-order valence-electron chi connectivity index (χ0n) is 18.0. The Bertz CT molecular complexity index is 1220. The van der Waals surface area contributed by atoms with Crippen LogP contribution in [0.15, 0.2) is 49.1 Å². The maximum absolute atomic E-state index is 13.8. The number of hydrogen-bond donors (Lipinski definition) is 0. The van der Waals surface area contributed by atoms with E-state index in [1.54, 1.807) is 17.1 Å². The molecule has 0 atom stereocenters. The highest BCUT2D eigenvalue weighted by molar-refractivity contribution is 6.07. The van der Waals surface area contributed by atoms with E-state index in [2.05, 4.69) is 10.1 Å². The van der Waals surface area contributed by atoms with Crippen LogP contribution in [0.2, 0.25) is 0 Å². The van der Waals surface area contributed by atoms with E-state index in [0.717, 1.165) is 33.5 Å². The lowest BCUT2D eigenvalue weighted by Gasteiger charge is -2.27. The highest BCUT2D eigenvalue weighted by Crippen LogP contribution is 2.27. The largest absolute Gasteiger partial charge is 0.337 e. The van der Waals surface area contributed by atoms with Gasteiger partial charge in [-0.2, -0.15) is 5.10 Å². The number of carbonyl (C=O) groups excluding carboxylic acids is 1. The molecule has 154 valence electrons. The van der Waals surface area contributed by atoms with Gasteiger partial charge in [0.25, 0.3) is 5.91 Å². The average Bonchev–Trinajstić information content (AvgIpc) is 3.32. The van der Waals surface area contributed by atoms with Gasteiger partial charge in [-0.1, -0.05) is 11.6 Å². The number of pyridine rings is 1.